The number of aliphatic hydroxyl groups is 2. The Hall–Kier alpha value is -2.90. The van der Waals surface area contributed by atoms with Gasteiger partial charge in [0.25, 0.3) is 0 Å². The van der Waals surface area contributed by atoms with Gasteiger partial charge in [0.1, 0.15) is 17.6 Å². The summed E-state index contributed by atoms with van der Waals surface area (Å²) in [7, 11) is 0. The van der Waals surface area contributed by atoms with Crippen molar-refractivity contribution in [3.05, 3.63) is 59.7 Å². The topological polar surface area (TPSA) is 113 Å². The van der Waals surface area contributed by atoms with Gasteiger partial charge in [-0.15, -0.1) is 0 Å². The fourth-order valence-corrected chi connectivity index (χ4v) is 1.95. The number of aliphatic hydroxyl groups excluding tert-OH is 2. The van der Waals surface area contributed by atoms with E-state index in [0.29, 0.717) is 5.56 Å². The van der Waals surface area contributed by atoms with Crippen LogP contribution in [0, 0.1) is 0 Å². The highest BCUT2D eigenvalue weighted by Crippen LogP contribution is 2.26. The molecule has 2 aromatic carbocycles. The van der Waals surface area contributed by atoms with Gasteiger partial charge >= 0.3 is 5.97 Å². The number of aromatic hydroxyl groups is 1. The van der Waals surface area contributed by atoms with Gasteiger partial charge in [-0.05, 0) is 19.1 Å². The van der Waals surface area contributed by atoms with Gasteiger partial charge in [-0.25, -0.2) is 4.79 Å². The zero-order chi connectivity index (χ0) is 18.4. The van der Waals surface area contributed by atoms with E-state index in [0.717, 1.165) is 0 Å². The largest absolute Gasteiger partial charge is 0.507 e. The van der Waals surface area contributed by atoms with Crippen molar-refractivity contribution in [1.82, 2.24) is 0 Å². The molecule has 0 aliphatic carbocycles. The van der Waals surface area contributed by atoms with Gasteiger partial charge in [-0.2, -0.15) is 0 Å². The third kappa shape index (κ3) is 5.03. The number of benzene rings is 2. The number of phenolic OH excluding ortho intramolecular Hbond substituents is 1. The molecule has 132 valence electrons. The Balaban J connectivity index is 2.00. The van der Waals surface area contributed by atoms with Gasteiger partial charge in [0.15, 0.2) is 12.4 Å². The molecule has 0 fully saturated rings. The molecule has 0 bridgehead atoms. The minimum atomic E-state index is -1.64. The minimum absolute atomic E-state index is 0.102. The third-order valence-electron chi connectivity index (χ3n) is 3.27. The van der Waals surface area contributed by atoms with E-state index in [-0.39, 0.29) is 22.8 Å². The van der Waals surface area contributed by atoms with Gasteiger partial charge in [0.05, 0.1) is 5.56 Å². The fourth-order valence-electron chi connectivity index (χ4n) is 1.95. The van der Waals surface area contributed by atoms with Crippen molar-refractivity contribution in [3.63, 3.8) is 0 Å². The average Bonchev–Trinajstić information content (AvgIpc) is 2.60. The maximum absolute atomic E-state index is 12.3. The Morgan fingerprint density at radius 2 is 1.76 bits per heavy atom. The molecule has 0 saturated heterocycles. The van der Waals surface area contributed by atoms with E-state index in [1.54, 1.807) is 30.3 Å². The summed E-state index contributed by atoms with van der Waals surface area (Å²) >= 11 is 0. The van der Waals surface area contributed by atoms with E-state index in [2.05, 4.69) is 4.74 Å². The Morgan fingerprint density at radius 3 is 2.36 bits per heavy atom. The second-order valence-electron chi connectivity index (χ2n) is 5.28. The van der Waals surface area contributed by atoms with Crippen molar-refractivity contribution in [2.75, 3.05) is 6.61 Å². The zero-order valence-corrected chi connectivity index (χ0v) is 13.5. The van der Waals surface area contributed by atoms with Crippen molar-refractivity contribution < 1.29 is 34.4 Å². The molecule has 0 radical (unpaired) electrons. The molecule has 0 amide bonds. The number of carbonyl (C=O) groups excluding carboxylic acids is 2. The normalized spacial score (nSPS) is 12.9. The van der Waals surface area contributed by atoms with Crippen LogP contribution in [0.4, 0.5) is 0 Å². The molecule has 2 unspecified atom stereocenters. The van der Waals surface area contributed by atoms with Crippen molar-refractivity contribution >= 4 is 11.8 Å². The van der Waals surface area contributed by atoms with E-state index in [1.165, 1.54) is 25.1 Å². The molecular weight excluding hydrogens is 328 g/mol. The van der Waals surface area contributed by atoms with Crippen LogP contribution in [0.15, 0.2) is 48.5 Å². The van der Waals surface area contributed by atoms with Crippen LogP contribution in [0.5, 0.6) is 11.5 Å². The van der Waals surface area contributed by atoms with Gasteiger partial charge < -0.3 is 24.8 Å². The lowest BCUT2D eigenvalue weighted by atomic mass is 10.0. The molecular formula is C18H18O7. The summed E-state index contributed by atoms with van der Waals surface area (Å²) < 4.78 is 9.64. The molecule has 2 rings (SSSR count). The molecule has 25 heavy (non-hydrogen) atoms. The third-order valence-corrected chi connectivity index (χ3v) is 3.27. The van der Waals surface area contributed by atoms with Crippen LogP contribution in [-0.4, -0.2) is 46.1 Å². The highest BCUT2D eigenvalue weighted by molar-refractivity contribution is 6.10. The van der Waals surface area contributed by atoms with E-state index in [9.17, 15) is 19.8 Å². The van der Waals surface area contributed by atoms with Crippen LogP contribution < -0.4 is 4.74 Å². The fraction of sp³-hybridized carbons (Fsp3) is 0.222. The second-order valence-corrected chi connectivity index (χ2v) is 5.28. The minimum Gasteiger partial charge on any atom is -0.507 e. The van der Waals surface area contributed by atoms with Gasteiger partial charge in [0.2, 0.25) is 6.29 Å². The van der Waals surface area contributed by atoms with Gasteiger partial charge in [-0.3, -0.25) is 4.79 Å². The summed E-state index contributed by atoms with van der Waals surface area (Å²) in [4.78, 5) is 23.7. The molecule has 0 aromatic heterocycles. The van der Waals surface area contributed by atoms with Crippen molar-refractivity contribution in [2.24, 2.45) is 0 Å². The van der Waals surface area contributed by atoms with Crippen LogP contribution >= 0.6 is 0 Å². The number of ether oxygens (including phenoxy) is 2. The second kappa shape index (κ2) is 8.27. The number of carbonyl (C=O) groups is 2. The van der Waals surface area contributed by atoms with Crippen molar-refractivity contribution in [3.8, 4) is 11.5 Å². The summed E-state index contributed by atoms with van der Waals surface area (Å²) in [5.74, 6) is -1.38. The van der Waals surface area contributed by atoms with Crippen LogP contribution in [0.25, 0.3) is 0 Å². The Morgan fingerprint density at radius 1 is 1.08 bits per heavy atom. The van der Waals surface area contributed by atoms with E-state index in [1.807, 2.05) is 0 Å². The molecule has 2 atom stereocenters. The number of rotatable bonds is 7. The van der Waals surface area contributed by atoms with Crippen LogP contribution in [0.2, 0.25) is 0 Å². The summed E-state index contributed by atoms with van der Waals surface area (Å²) in [5.41, 5.74) is 0.535. The Kier molecular flexibility index (Phi) is 6.10. The number of ketones is 1. The Bertz CT molecular complexity index is 740. The molecule has 7 nitrogen and oxygen atoms in total. The summed E-state index contributed by atoms with van der Waals surface area (Å²) in [5, 5.41) is 28.3. The number of hydrogen-bond donors (Lipinski definition) is 3. The highest BCUT2D eigenvalue weighted by atomic mass is 16.7. The van der Waals surface area contributed by atoms with Crippen molar-refractivity contribution in [2.45, 2.75) is 19.3 Å². The van der Waals surface area contributed by atoms with Crippen LogP contribution in [0.3, 0.4) is 0 Å². The lowest BCUT2D eigenvalue weighted by Gasteiger charge is -2.14. The van der Waals surface area contributed by atoms with Crippen molar-refractivity contribution in [1.29, 1.82) is 0 Å². The number of esters is 1. The first-order valence-corrected chi connectivity index (χ1v) is 7.49. The molecule has 0 spiro atoms. The first-order chi connectivity index (χ1) is 11.9. The predicted molar refractivity (Wildman–Crippen MR) is 87.3 cm³/mol. The maximum atomic E-state index is 12.3. The van der Waals surface area contributed by atoms with Crippen LogP contribution in [0.1, 0.15) is 22.8 Å². The van der Waals surface area contributed by atoms with Crippen LogP contribution in [-0.2, 0) is 9.53 Å². The molecule has 0 heterocycles. The summed E-state index contributed by atoms with van der Waals surface area (Å²) in [6.07, 6.45) is -2.87. The average molecular weight is 346 g/mol. The first kappa shape index (κ1) is 18.4. The Labute approximate surface area is 144 Å². The first-order valence-electron chi connectivity index (χ1n) is 7.49. The number of phenols is 1. The quantitative estimate of drug-likeness (QED) is 0.393. The molecule has 0 aliphatic heterocycles. The monoisotopic (exact) mass is 346 g/mol. The summed E-state index contributed by atoms with van der Waals surface area (Å²) in [6.45, 7) is 0.731. The molecule has 0 aliphatic rings. The SMILES string of the molecule is CC(O)C(O)OC(=O)COc1ccc(C(=O)c2ccccc2)c(O)c1. The lowest BCUT2D eigenvalue weighted by molar-refractivity contribution is -0.186. The maximum Gasteiger partial charge on any atom is 0.346 e. The van der Waals surface area contributed by atoms with Gasteiger partial charge in [-0.1, -0.05) is 30.3 Å². The van der Waals surface area contributed by atoms with Gasteiger partial charge in [0, 0.05) is 11.6 Å². The molecule has 7 heteroatoms. The molecule has 2 aromatic rings. The molecule has 0 saturated carbocycles. The smallest absolute Gasteiger partial charge is 0.346 e. The highest BCUT2D eigenvalue weighted by Gasteiger charge is 2.17. The standard InChI is InChI=1S/C18H18O7/c1-11(19)18(23)25-16(21)10-24-13-7-8-14(15(20)9-13)17(22)12-5-3-2-4-6-12/h2-9,11,18-20,23H,10H2,1H3. The summed E-state index contributed by atoms with van der Waals surface area (Å²) in [6, 6.07) is 12.5. The van der Waals surface area contributed by atoms with E-state index >= 15 is 0 Å². The number of hydrogen-bond acceptors (Lipinski definition) is 7. The molecule has 3 N–H and O–H groups in total. The zero-order valence-electron chi connectivity index (χ0n) is 13.5. The van der Waals surface area contributed by atoms with E-state index < -0.39 is 25.0 Å². The predicted octanol–water partition coefficient (Wildman–Crippen LogP) is 1.24. The lowest BCUT2D eigenvalue weighted by Crippen LogP contribution is -2.30. The van der Waals surface area contributed by atoms with E-state index in [4.69, 9.17) is 9.84 Å².